The zero-order valence-corrected chi connectivity index (χ0v) is 7.68. The SMILES string of the molecule is FC1(F)CN(Cc2cnc[nH]2)CC1(F)F. The molecule has 1 aromatic rings. The molecule has 15 heavy (non-hydrogen) atoms. The van der Waals surface area contributed by atoms with E-state index in [0.717, 1.165) is 4.90 Å². The van der Waals surface area contributed by atoms with Gasteiger partial charge in [-0.3, -0.25) is 4.90 Å². The Morgan fingerprint density at radius 3 is 2.33 bits per heavy atom. The van der Waals surface area contributed by atoms with Crippen LogP contribution in [0.4, 0.5) is 17.6 Å². The largest absolute Gasteiger partial charge is 0.347 e. The number of likely N-dealkylation sites (tertiary alicyclic amines) is 1. The molecule has 0 unspecified atom stereocenters. The number of alkyl halides is 4. The molecule has 0 spiro atoms. The number of H-pyrrole nitrogens is 1. The first-order valence-corrected chi connectivity index (χ1v) is 4.36. The molecule has 0 atom stereocenters. The molecule has 7 heteroatoms. The molecule has 1 N–H and O–H groups in total. The number of rotatable bonds is 2. The first-order chi connectivity index (χ1) is 6.91. The molecule has 3 nitrogen and oxygen atoms in total. The second-order valence-corrected chi connectivity index (χ2v) is 3.63. The second-order valence-electron chi connectivity index (χ2n) is 3.63. The number of halogens is 4. The minimum atomic E-state index is -3.94. The fourth-order valence-corrected chi connectivity index (χ4v) is 1.57. The predicted molar refractivity (Wildman–Crippen MR) is 43.8 cm³/mol. The lowest BCUT2D eigenvalue weighted by Gasteiger charge is -2.15. The minimum absolute atomic E-state index is 0.0329. The number of aromatic amines is 1. The summed E-state index contributed by atoms with van der Waals surface area (Å²) in [5.41, 5.74) is 0.545. The first-order valence-electron chi connectivity index (χ1n) is 4.36. The van der Waals surface area contributed by atoms with Gasteiger partial charge in [-0.1, -0.05) is 0 Å². The van der Waals surface area contributed by atoms with Crippen LogP contribution in [0, 0.1) is 0 Å². The Morgan fingerprint density at radius 1 is 1.27 bits per heavy atom. The van der Waals surface area contributed by atoms with Crippen LogP contribution >= 0.6 is 0 Å². The van der Waals surface area contributed by atoms with E-state index in [4.69, 9.17) is 0 Å². The first kappa shape index (κ1) is 10.4. The van der Waals surface area contributed by atoms with Gasteiger partial charge in [-0.15, -0.1) is 0 Å². The number of hydrogen-bond acceptors (Lipinski definition) is 2. The summed E-state index contributed by atoms with van der Waals surface area (Å²) in [6.07, 6.45) is 2.80. The summed E-state index contributed by atoms with van der Waals surface area (Å²) in [6, 6.07) is 0. The van der Waals surface area contributed by atoms with E-state index in [9.17, 15) is 17.6 Å². The molecule has 0 aromatic carbocycles. The molecule has 0 aliphatic carbocycles. The summed E-state index contributed by atoms with van der Waals surface area (Å²) in [4.78, 5) is 7.36. The molecule has 1 aromatic heterocycles. The quantitative estimate of drug-likeness (QED) is 0.770. The number of hydrogen-bond donors (Lipinski definition) is 1. The van der Waals surface area contributed by atoms with E-state index in [0.29, 0.717) is 5.69 Å². The third kappa shape index (κ3) is 1.83. The van der Waals surface area contributed by atoms with Gasteiger partial charge in [0.1, 0.15) is 0 Å². The zero-order chi connectivity index (χ0) is 11.1. The van der Waals surface area contributed by atoms with Gasteiger partial charge in [0.15, 0.2) is 0 Å². The molecule has 0 radical (unpaired) electrons. The van der Waals surface area contributed by atoms with E-state index >= 15 is 0 Å². The molecule has 0 saturated carbocycles. The van der Waals surface area contributed by atoms with Crippen LogP contribution in [0.15, 0.2) is 12.5 Å². The summed E-state index contributed by atoms with van der Waals surface area (Å²) >= 11 is 0. The van der Waals surface area contributed by atoms with E-state index in [2.05, 4.69) is 9.97 Å². The third-order valence-corrected chi connectivity index (χ3v) is 2.33. The Morgan fingerprint density at radius 2 is 1.87 bits per heavy atom. The lowest BCUT2D eigenvalue weighted by atomic mass is 10.2. The summed E-state index contributed by atoms with van der Waals surface area (Å²) in [5.74, 6) is -7.87. The van der Waals surface area contributed by atoms with Crippen molar-refractivity contribution in [1.29, 1.82) is 0 Å². The standard InChI is InChI=1S/C8H9F4N3/c9-7(10)3-15(4-8(7,11)12)2-6-1-13-5-14-6/h1,5H,2-4H2,(H,13,14). The van der Waals surface area contributed by atoms with E-state index in [1.165, 1.54) is 12.5 Å². The van der Waals surface area contributed by atoms with Crippen molar-refractivity contribution in [3.05, 3.63) is 18.2 Å². The van der Waals surface area contributed by atoms with Gasteiger partial charge in [0.2, 0.25) is 0 Å². The van der Waals surface area contributed by atoms with Crippen molar-refractivity contribution in [2.24, 2.45) is 0 Å². The molecule has 1 saturated heterocycles. The van der Waals surface area contributed by atoms with Crippen LogP contribution in [0.1, 0.15) is 5.69 Å². The molecule has 2 heterocycles. The Hall–Kier alpha value is -1.11. The topological polar surface area (TPSA) is 31.9 Å². The number of nitrogens with zero attached hydrogens (tertiary/aromatic N) is 2. The normalized spacial score (nSPS) is 24.5. The van der Waals surface area contributed by atoms with Gasteiger partial charge < -0.3 is 4.98 Å². The highest BCUT2D eigenvalue weighted by Crippen LogP contribution is 2.41. The number of imidazole rings is 1. The van der Waals surface area contributed by atoms with Crippen LogP contribution in [0.3, 0.4) is 0 Å². The molecule has 1 aliphatic heterocycles. The molecule has 1 fully saturated rings. The van der Waals surface area contributed by atoms with Crippen molar-refractivity contribution in [1.82, 2.24) is 14.9 Å². The third-order valence-electron chi connectivity index (χ3n) is 2.33. The lowest BCUT2D eigenvalue weighted by Crippen LogP contribution is -2.38. The Bertz CT molecular complexity index is 320. The number of nitrogens with one attached hydrogen (secondary N) is 1. The summed E-state index contributed by atoms with van der Waals surface area (Å²) in [5, 5.41) is 0. The smallest absolute Gasteiger partial charge is 0.323 e. The van der Waals surface area contributed by atoms with Crippen molar-refractivity contribution < 1.29 is 17.6 Å². The van der Waals surface area contributed by atoms with Crippen molar-refractivity contribution >= 4 is 0 Å². The van der Waals surface area contributed by atoms with Crippen molar-refractivity contribution in [3.8, 4) is 0 Å². The maximum atomic E-state index is 12.8. The monoisotopic (exact) mass is 223 g/mol. The molecule has 1 aliphatic rings. The lowest BCUT2D eigenvalue weighted by molar-refractivity contribution is -0.172. The van der Waals surface area contributed by atoms with Crippen LogP contribution in [-0.4, -0.2) is 39.8 Å². The highest BCUT2D eigenvalue weighted by Gasteiger charge is 2.62. The highest BCUT2D eigenvalue weighted by atomic mass is 19.3. The van der Waals surface area contributed by atoms with E-state index < -0.39 is 24.9 Å². The minimum Gasteiger partial charge on any atom is -0.347 e. The fraction of sp³-hybridized carbons (Fsp3) is 0.625. The number of aromatic nitrogens is 2. The van der Waals surface area contributed by atoms with Gasteiger partial charge in [-0.2, -0.15) is 17.6 Å². The van der Waals surface area contributed by atoms with Crippen molar-refractivity contribution in [2.75, 3.05) is 13.1 Å². The predicted octanol–water partition coefficient (Wildman–Crippen LogP) is 1.50. The highest BCUT2D eigenvalue weighted by molar-refractivity contribution is 5.01. The maximum absolute atomic E-state index is 12.8. The maximum Gasteiger partial charge on any atom is 0.323 e. The van der Waals surface area contributed by atoms with Gasteiger partial charge in [-0.05, 0) is 0 Å². The average molecular weight is 223 g/mol. The van der Waals surface area contributed by atoms with E-state index in [1.54, 1.807) is 0 Å². The summed E-state index contributed by atoms with van der Waals surface area (Å²) in [6.45, 7) is -1.80. The van der Waals surface area contributed by atoms with Gasteiger partial charge in [0.25, 0.3) is 0 Å². The Balaban J connectivity index is 2.04. The summed E-state index contributed by atoms with van der Waals surface area (Å²) < 4.78 is 51.1. The van der Waals surface area contributed by atoms with Gasteiger partial charge in [0.05, 0.1) is 19.4 Å². The molecule has 2 rings (SSSR count). The molecule has 84 valence electrons. The van der Waals surface area contributed by atoms with Crippen LogP contribution < -0.4 is 0 Å². The summed E-state index contributed by atoms with van der Waals surface area (Å²) in [7, 11) is 0. The fourth-order valence-electron chi connectivity index (χ4n) is 1.57. The van der Waals surface area contributed by atoms with E-state index in [-0.39, 0.29) is 6.54 Å². The Labute approximate surface area is 83.1 Å². The Kier molecular flexibility index (Phi) is 2.22. The van der Waals surface area contributed by atoms with Crippen molar-refractivity contribution in [2.45, 2.75) is 18.4 Å². The van der Waals surface area contributed by atoms with E-state index in [1.807, 2.05) is 0 Å². The van der Waals surface area contributed by atoms with Crippen molar-refractivity contribution in [3.63, 3.8) is 0 Å². The van der Waals surface area contributed by atoms with Crippen LogP contribution in [0.25, 0.3) is 0 Å². The molecule has 0 bridgehead atoms. The zero-order valence-electron chi connectivity index (χ0n) is 7.68. The van der Waals surface area contributed by atoms with Gasteiger partial charge in [0, 0.05) is 18.4 Å². The molecule has 0 amide bonds. The van der Waals surface area contributed by atoms with Gasteiger partial charge >= 0.3 is 11.8 Å². The molecular weight excluding hydrogens is 214 g/mol. The van der Waals surface area contributed by atoms with Crippen LogP contribution in [0.5, 0.6) is 0 Å². The average Bonchev–Trinajstić information content (AvgIpc) is 2.59. The van der Waals surface area contributed by atoms with Crippen LogP contribution in [0.2, 0.25) is 0 Å². The van der Waals surface area contributed by atoms with Crippen LogP contribution in [-0.2, 0) is 6.54 Å². The molecular formula is C8H9F4N3. The second kappa shape index (κ2) is 3.19. The van der Waals surface area contributed by atoms with Gasteiger partial charge in [-0.25, -0.2) is 4.98 Å².